The SMILES string of the molecule is CC1CCCCC1(CN)NS(=O)(=O)c1cc(C(N)=O)n(C)c1. The molecule has 1 heterocycles. The van der Waals surface area contributed by atoms with Gasteiger partial charge in [0.1, 0.15) is 10.6 Å². The second-order valence-electron chi connectivity index (χ2n) is 6.15. The third-order valence-corrected chi connectivity index (χ3v) is 6.22. The fourth-order valence-electron chi connectivity index (χ4n) is 3.16. The molecule has 1 saturated carbocycles. The van der Waals surface area contributed by atoms with Crippen LogP contribution in [-0.4, -0.2) is 31.0 Å². The second kappa shape index (κ2) is 6.02. The van der Waals surface area contributed by atoms with Gasteiger partial charge in [-0.3, -0.25) is 4.79 Å². The Hall–Kier alpha value is -1.38. The van der Waals surface area contributed by atoms with Crippen LogP contribution in [0.1, 0.15) is 43.1 Å². The lowest BCUT2D eigenvalue weighted by Crippen LogP contribution is -2.58. The predicted molar refractivity (Wildman–Crippen MR) is 83.7 cm³/mol. The summed E-state index contributed by atoms with van der Waals surface area (Å²) < 4.78 is 29.5. The van der Waals surface area contributed by atoms with Crippen molar-refractivity contribution in [3.63, 3.8) is 0 Å². The summed E-state index contributed by atoms with van der Waals surface area (Å²) in [7, 11) is -2.17. The van der Waals surface area contributed by atoms with Crippen molar-refractivity contribution in [3.05, 3.63) is 18.0 Å². The van der Waals surface area contributed by atoms with Gasteiger partial charge in [0.15, 0.2) is 0 Å². The molecule has 2 atom stereocenters. The molecule has 1 amide bonds. The van der Waals surface area contributed by atoms with E-state index in [1.807, 2.05) is 6.92 Å². The summed E-state index contributed by atoms with van der Waals surface area (Å²) in [6.07, 6.45) is 5.09. The third-order valence-electron chi connectivity index (χ3n) is 4.70. The Morgan fingerprint density at radius 2 is 2.18 bits per heavy atom. The normalized spacial score (nSPS) is 26.0. The minimum Gasteiger partial charge on any atom is -0.364 e. The first-order chi connectivity index (χ1) is 10.2. The summed E-state index contributed by atoms with van der Waals surface area (Å²) in [6.45, 7) is 2.28. The maximum absolute atomic E-state index is 12.7. The number of primary amides is 1. The number of aryl methyl sites for hydroxylation is 1. The van der Waals surface area contributed by atoms with E-state index in [1.165, 1.54) is 16.8 Å². The molecule has 124 valence electrons. The van der Waals surface area contributed by atoms with Crippen LogP contribution in [0.3, 0.4) is 0 Å². The Labute approximate surface area is 131 Å². The molecule has 2 unspecified atom stereocenters. The first kappa shape index (κ1) is 17.0. The zero-order chi connectivity index (χ0) is 16.5. The Kier molecular flexibility index (Phi) is 4.65. The van der Waals surface area contributed by atoms with Crippen molar-refractivity contribution in [3.8, 4) is 0 Å². The van der Waals surface area contributed by atoms with Crippen LogP contribution >= 0.6 is 0 Å². The van der Waals surface area contributed by atoms with Crippen LogP contribution in [0.4, 0.5) is 0 Å². The highest BCUT2D eigenvalue weighted by atomic mass is 32.2. The minimum atomic E-state index is -3.76. The highest BCUT2D eigenvalue weighted by Gasteiger charge is 2.40. The lowest BCUT2D eigenvalue weighted by atomic mass is 9.74. The number of hydrogen-bond acceptors (Lipinski definition) is 4. The number of nitrogens with zero attached hydrogens (tertiary/aromatic N) is 1. The lowest BCUT2D eigenvalue weighted by molar-refractivity contribution is 0.0992. The van der Waals surface area contributed by atoms with Gasteiger partial charge < -0.3 is 16.0 Å². The van der Waals surface area contributed by atoms with E-state index in [2.05, 4.69) is 4.72 Å². The summed E-state index contributed by atoms with van der Waals surface area (Å²) in [5.41, 5.74) is 10.7. The summed E-state index contributed by atoms with van der Waals surface area (Å²) in [5, 5.41) is 0. The number of amides is 1. The zero-order valence-corrected chi connectivity index (χ0v) is 13.8. The van der Waals surface area contributed by atoms with Crippen molar-refractivity contribution in [1.82, 2.24) is 9.29 Å². The maximum Gasteiger partial charge on any atom is 0.265 e. The van der Waals surface area contributed by atoms with Gasteiger partial charge in [-0.15, -0.1) is 0 Å². The van der Waals surface area contributed by atoms with Crippen LogP contribution < -0.4 is 16.2 Å². The second-order valence-corrected chi connectivity index (χ2v) is 7.83. The highest BCUT2D eigenvalue weighted by Crippen LogP contribution is 2.34. The molecule has 1 aliphatic rings. The van der Waals surface area contributed by atoms with Gasteiger partial charge in [0.05, 0.1) is 0 Å². The summed E-state index contributed by atoms with van der Waals surface area (Å²) >= 11 is 0. The molecular formula is C14H24N4O3S. The number of carbonyl (C=O) groups is 1. The van der Waals surface area contributed by atoms with Crippen molar-refractivity contribution >= 4 is 15.9 Å². The van der Waals surface area contributed by atoms with Crippen molar-refractivity contribution < 1.29 is 13.2 Å². The quantitative estimate of drug-likeness (QED) is 0.720. The molecule has 8 heteroatoms. The fraction of sp³-hybridized carbons (Fsp3) is 0.643. The first-order valence-electron chi connectivity index (χ1n) is 7.42. The van der Waals surface area contributed by atoms with Gasteiger partial charge in [-0.05, 0) is 24.8 Å². The van der Waals surface area contributed by atoms with Crippen molar-refractivity contribution in [2.24, 2.45) is 24.4 Å². The Bertz CT molecular complexity index is 668. The van der Waals surface area contributed by atoms with Crippen LogP contribution in [0, 0.1) is 5.92 Å². The summed E-state index contributed by atoms with van der Waals surface area (Å²) in [5.74, 6) is -0.496. The van der Waals surface area contributed by atoms with Gasteiger partial charge in [0, 0.05) is 25.3 Å². The largest absolute Gasteiger partial charge is 0.364 e. The number of hydrogen-bond donors (Lipinski definition) is 3. The van der Waals surface area contributed by atoms with Crippen LogP contribution in [0.5, 0.6) is 0 Å². The molecule has 1 aromatic rings. The highest BCUT2D eigenvalue weighted by molar-refractivity contribution is 7.89. The van der Waals surface area contributed by atoms with Gasteiger partial charge in [0.2, 0.25) is 10.0 Å². The number of nitrogens with two attached hydrogens (primary N) is 2. The van der Waals surface area contributed by atoms with Crippen molar-refractivity contribution in [1.29, 1.82) is 0 Å². The van der Waals surface area contributed by atoms with Gasteiger partial charge in [-0.1, -0.05) is 19.8 Å². The van der Waals surface area contributed by atoms with E-state index in [0.29, 0.717) is 0 Å². The van der Waals surface area contributed by atoms with E-state index in [1.54, 1.807) is 7.05 Å². The van der Waals surface area contributed by atoms with Crippen LogP contribution in [-0.2, 0) is 17.1 Å². The third kappa shape index (κ3) is 3.04. The number of rotatable bonds is 5. The van der Waals surface area contributed by atoms with Crippen LogP contribution in [0.25, 0.3) is 0 Å². The minimum absolute atomic E-state index is 0.0365. The molecule has 5 N–H and O–H groups in total. The van der Waals surface area contributed by atoms with Gasteiger partial charge in [-0.2, -0.15) is 0 Å². The monoisotopic (exact) mass is 328 g/mol. The number of carbonyl (C=O) groups excluding carboxylic acids is 1. The Balaban J connectivity index is 2.34. The summed E-state index contributed by atoms with van der Waals surface area (Å²) in [4.78, 5) is 11.3. The average molecular weight is 328 g/mol. The molecule has 22 heavy (non-hydrogen) atoms. The molecule has 0 aromatic carbocycles. The van der Waals surface area contributed by atoms with Gasteiger partial charge >= 0.3 is 0 Å². The summed E-state index contributed by atoms with van der Waals surface area (Å²) in [6, 6.07) is 1.29. The molecule has 2 rings (SSSR count). The first-order valence-corrected chi connectivity index (χ1v) is 8.90. The average Bonchev–Trinajstić information content (AvgIpc) is 2.84. The lowest BCUT2D eigenvalue weighted by Gasteiger charge is -2.42. The standard InChI is InChI=1S/C14H24N4O3S/c1-10-5-3-4-6-14(10,9-15)17-22(20,21)11-7-12(13(16)19)18(2)8-11/h7-8,10,17H,3-6,9,15H2,1-2H3,(H2,16,19). The topological polar surface area (TPSA) is 120 Å². The van der Waals surface area contributed by atoms with E-state index < -0.39 is 21.5 Å². The molecule has 0 spiro atoms. The van der Waals surface area contributed by atoms with Crippen LogP contribution in [0.15, 0.2) is 17.2 Å². The number of aromatic nitrogens is 1. The maximum atomic E-state index is 12.7. The zero-order valence-electron chi connectivity index (χ0n) is 13.0. The predicted octanol–water partition coefficient (Wildman–Crippen LogP) is 0.310. The van der Waals surface area contributed by atoms with E-state index in [0.717, 1.165) is 25.7 Å². The number of sulfonamides is 1. The number of nitrogens with one attached hydrogen (secondary N) is 1. The van der Waals surface area contributed by atoms with Crippen molar-refractivity contribution in [2.45, 2.75) is 43.0 Å². The fourth-order valence-corrected chi connectivity index (χ4v) is 4.77. The molecule has 0 aliphatic heterocycles. The molecule has 1 aromatic heterocycles. The van der Waals surface area contributed by atoms with Crippen molar-refractivity contribution in [2.75, 3.05) is 6.54 Å². The van der Waals surface area contributed by atoms with Gasteiger partial charge in [0.25, 0.3) is 5.91 Å². The molecule has 0 saturated heterocycles. The smallest absolute Gasteiger partial charge is 0.265 e. The molecule has 1 aliphatic carbocycles. The Morgan fingerprint density at radius 1 is 1.50 bits per heavy atom. The molecule has 7 nitrogen and oxygen atoms in total. The van der Waals surface area contributed by atoms with E-state index in [9.17, 15) is 13.2 Å². The van der Waals surface area contributed by atoms with Gasteiger partial charge in [-0.25, -0.2) is 13.1 Å². The molecule has 0 radical (unpaired) electrons. The Morgan fingerprint density at radius 3 is 2.68 bits per heavy atom. The van der Waals surface area contributed by atoms with E-state index >= 15 is 0 Å². The molecule has 1 fully saturated rings. The van der Waals surface area contributed by atoms with E-state index in [4.69, 9.17) is 11.5 Å². The molecular weight excluding hydrogens is 304 g/mol. The van der Waals surface area contributed by atoms with E-state index in [-0.39, 0.29) is 23.1 Å². The van der Waals surface area contributed by atoms with Crippen LogP contribution in [0.2, 0.25) is 0 Å². The molecule has 0 bridgehead atoms.